The fourth-order valence-corrected chi connectivity index (χ4v) is 2.06. The number of thioether (sulfide) groups is 1. The smallest absolute Gasteiger partial charge is 0.408 e. The first-order valence-electron chi connectivity index (χ1n) is 7.09. The Bertz CT molecular complexity index is 499. The average molecular weight is 370 g/mol. The highest BCUT2D eigenvalue weighted by molar-refractivity contribution is 7.98. The van der Waals surface area contributed by atoms with Crippen molar-refractivity contribution in [2.24, 2.45) is 0 Å². The molecule has 1 atom stereocenters. The van der Waals surface area contributed by atoms with E-state index in [0.29, 0.717) is 5.75 Å². The Hall–Kier alpha value is -1.00. The highest BCUT2D eigenvalue weighted by Gasteiger charge is 2.27. The van der Waals surface area contributed by atoms with Gasteiger partial charge in [-0.3, -0.25) is 0 Å². The van der Waals surface area contributed by atoms with E-state index in [2.05, 4.69) is 10.2 Å². The van der Waals surface area contributed by atoms with Crippen molar-refractivity contribution in [3.8, 4) is 0 Å². The predicted octanol–water partition coefficient (Wildman–Crippen LogP) is 1.42. The Kier molecular flexibility index (Phi) is 8.93. The molecule has 0 aromatic carbocycles. The van der Waals surface area contributed by atoms with E-state index in [1.54, 1.807) is 25.7 Å². The van der Waals surface area contributed by atoms with Gasteiger partial charge in [0.2, 0.25) is 10.0 Å². The molecule has 0 bridgehead atoms. The normalized spacial score (nSPS) is 13.5. The molecule has 0 fully saturated rings. The lowest BCUT2D eigenvalue weighted by Crippen LogP contribution is -2.46. The lowest BCUT2D eigenvalue weighted by atomic mass is 10.2. The summed E-state index contributed by atoms with van der Waals surface area (Å²) in [6.07, 6.45) is 1.35. The fraction of sp³-hybridized carbons (Fsp3) is 0.846. The van der Waals surface area contributed by atoms with Crippen molar-refractivity contribution in [1.82, 2.24) is 10.2 Å². The summed E-state index contributed by atoms with van der Waals surface area (Å²) in [6, 6.07) is -1.01. The maximum absolute atomic E-state index is 12.0. The molecule has 10 heteroatoms. The summed E-state index contributed by atoms with van der Waals surface area (Å²) < 4.78 is 28.2. The SMILES string of the molecule is CSCC[C@H](NC(=O)OC(C)(C)C)C(=O)ONS(=O)(=O)C(C)C. The first-order valence-corrected chi connectivity index (χ1v) is 10.0. The summed E-state index contributed by atoms with van der Waals surface area (Å²) in [5.41, 5.74) is -0.711. The highest BCUT2D eigenvalue weighted by Crippen LogP contribution is 2.09. The molecule has 8 nitrogen and oxygen atoms in total. The number of hydrogen-bond acceptors (Lipinski definition) is 7. The van der Waals surface area contributed by atoms with Crippen LogP contribution in [-0.2, 0) is 24.4 Å². The summed E-state index contributed by atoms with van der Waals surface area (Å²) in [7, 11) is -3.75. The van der Waals surface area contributed by atoms with Crippen molar-refractivity contribution in [3.63, 3.8) is 0 Å². The van der Waals surface area contributed by atoms with Crippen LogP contribution in [0.3, 0.4) is 0 Å². The molecule has 136 valence electrons. The number of sulfonamides is 1. The number of nitrogens with one attached hydrogen (secondary N) is 2. The number of carbonyl (C=O) groups excluding carboxylic acids is 2. The van der Waals surface area contributed by atoms with Gasteiger partial charge in [0.15, 0.2) is 0 Å². The molecular formula is C13H26N2O6S2. The molecule has 0 spiro atoms. The summed E-state index contributed by atoms with van der Waals surface area (Å²) in [6.45, 7) is 7.97. The zero-order chi connectivity index (χ0) is 18.3. The van der Waals surface area contributed by atoms with Crippen LogP contribution in [0, 0.1) is 0 Å². The largest absolute Gasteiger partial charge is 0.444 e. The average Bonchev–Trinajstić information content (AvgIpc) is 2.38. The van der Waals surface area contributed by atoms with Crippen LogP contribution in [0.2, 0.25) is 0 Å². The van der Waals surface area contributed by atoms with E-state index in [9.17, 15) is 18.0 Å². The maximum atomic E-state index is 12.0. The van der Waals surface area contributed by atoms with Gasteiger partial charge in [0.1, 0.15) is 11.6 Å². The lowest BCUT2D eigenvalue weighted by molar-refractivity contribution is -0.149. The molecule has 0 aliphatic carbocycles. The topological polar surface area (TPSA) is 111 Å². The van der Waals surface area contributed by atoms with Gasteiger partial charge in [-0.15, -0.1) is 0 Å². The zero-order valence-electron chi connectivity index (χ0n) is 14.3. The van der Waals surface area contributed by atoms with Crippen molar-refractivity contribution >= 4 is 33.8 Å². The lowest BCUT2D eigenvalue weighted by Gasteiger charge is -2.22. The Balaban J connectivity index is 4.76. The minimum absolute atomic E-state index is 0.280. The number of rotatable bonds is 8. The van der Waals surface area contributed by atoms with Crippen molar-refractivity contribution in [2.45, 2.75) is 57.9 Å². The molecule has 1 amide bonds. The van der Waals surface area contributed by atoms with Crippen LogP contribution in [0.5, 0.6) is 0 Å². The highest BCUT2D eigenvalue weighted by atomic mass is 32.2. The van der Waals surface area contributed by atoms with E-state index >= 15 is 0 Å². The first-order chi connectivity index (χ1) is 10.4. The Morgan fingerprint density at radius 1 is 1.22 bits per heavy atom. The summed E-state index contributed by atoms with van der Waals surface area (Å²) in [4.78, 5) is 30.1. The van der Waals surface area contributed by atoms with Crippen LogP contribution in [0.15, 0.2) is 0 Å². The first kappa shape index (κ1) is 22.0. The number of carbonyl (C=O) groups is 2. The monoisotopic (exact) mass is 370 g/mol. The standard InChI is InChI=1S/C13H26N2O6S2/c1-9(2)23(18,19)15-21-11(16)10(7-8-22-6)14-12(17)20-13(3,4)5/h9-10,15H,7-8H2,1-6H3,(H,14,17)/t10-/m0/s1. The second kappa shape index (κ2) is 9.33. The van der Waals surface area contributed by atoms with Gasteiger partial charge in [-0.25, -0.2) is 18.0 Å². The van der Waals surface area contributed by atoms with E-state index in [0.717, 1.165) is 0 Å². The van der Waals surface area contributed by atoms with Gasteiger partial charge in [0.05, 0.1) is 5.25 Å². The number of ether oxygens (including phenoxy) is 1. The van der Waals surface area contributed by atoms with Crippen LogP contribution in [0.4, 0.5) is 4.79 Å². The molecule has 0 unspecified atom stereocenters. The van der Waals surface area contributed by atoms with E-state index < -0.39 is 39.0 Å². The Labute approximate surface area is 142 Å². The molecule has 0 aromatic rings. The van der Waals surface area contributed by atoms with E-state index in [-0.39, 0.29) is 6.42 Å². The van der Waals surface area contributed by atoms with Gasteiger partial charge in [-0.1, -0.05) is 0 Å². The fourth-order valence-electron chi connectivity index (χ4n) is 1.20. The molecule has 23 heavy (non-hydrogen) atoms. The third kappa shape index (κ3) is 9.67. The van der Waals surface area contributed by atoms with Crippen LogP contribution in [0.1, 0.15) is 41.0 Å². The summed E-state index contributed by atoms with van der Waals surface area (Å²) >= 11 is 1.48. The van der Waals surface area contributed by atoms with Crippen molar-refractivity contribution < 1.29 is 27.6 Å². The van der Waals surface area contributed by atoms with Crippen LogP contribution in [-0.4, -0.2) is 49.4 Å². The Morgan fingerprint density at radius 2 is 1.78 bits per heavy atom. The number of hydrogen-bond donors (Lipinski definition) is 2. The quantitative estimate of drug-likeness (QED) is 0.622. The van der Waals surface area contributed by atoms with Crippen molar-refractivity contribution in [2.75, 3.05) is 12.0 Å². The van der Waals surface area contributed by atoms with Gasteiger partial charge < -0.3 is 14.9 Å². The van der Waals surface area contributed by atoms with Crippen molar-refractivity contribution in [1.29, 1.82) is 0 Å². The third-order valence-electron chi connectivity index (χ3n) is 2.47. The minimum Gasteiger partial charge on any atom is -0.444 e. The van der Waals surface area contributed by atoms with E-state index in [4.69, 9.17) is 4.74 Å². The molecule has 0 aromatic heterocycles. The second-order valence-electron chi connectivity index (χ2n) is 6.08. The summed E-state index contributed by atoms with van der Waals surface area (Å²) in [5, 5.41) is 1.64. The molecule has 0 rings (SSSR count). The molecule has 0 radical (unpaired) electrons. The zero-order valence-corrected chi connectivity index (χ0v) is 16.0. The van der Waals surface area contributed by atoms with Gasteiger partial charge in [-0.05, 0) is 57.9 Å². The van der Waals surface area contributed by atoms with Crippen molar-refractivity contribution in [3.05, 3.63) is 0 Å². The molecule has 0 aliphatic heterocycles. The molecule has 0 saturated heterocycles. The van der Waals surface area contributed by atoms with Crippen LogP contribution < -0.4 is 10.2 Å². The van der Waals surface area contributed by atoms with Crippen LogP contribution in [0.25, 0.3) is 0 Å². The van der Waals surface area contributed by atoms with E-state index in [1.807, 2.05) is 6.26 Å². The maximum Gasteiger partial charge on any atom is 0.408 e. The number of alkyl carbamates (subject to hydrolysis) is 1. The van der Waals surface area contributed by atoms with E-state index in [1.165, 1.54) is 25.6 Å². The van der Waals surface area contributed by atoms with Crippen LogP contribution >= 0.6 is 11.8 Å². The minimum atomic E-state index is -3.75. The van der Waals surface area contributed by atoms with Gasteiger partial charge >= 0.3 is 12.1 Å². The van der Waals surface area contributed by atoms with Gasteiger partial charge in [0.25, 0.3) is 0 Å². The molecule has 0 heterocycles. The van der Waals surface area contributed by atoms with Gasteiger partial charge in [0, 0.05) is 0 Å². The number of amides is 1. The summed E-state index contributed by atoms with van der Waals surface area (Å²) in [5.74, 6) is -0.318. The third-order valence-corrected chi connectivity index (χ3v) is 4.67. The molecule has 0 saturated carbocycles. The molecular weight excluding hydrogens is 344 g/mol. The molecule has 0 aliphatic rings. The van der Waals surface area contributed by atoms with Gasteiger partial charge in [-0.2, -0.15) is 11.8 Å². The second-order valence-corrected chi connectivity index (χ2v) is 9.26. The Morgan fingerprint density at radius 3 is 2.22 bits per heavy atom. The predicted molar refractivity (Wildman–Crippen MR) is 89.4 cm³/mol. The molecule has 2 N–H and O–H groups in total.